The van der Waals surface area contributed by atoms with Gasteiger partial charge in [-0.15, -0.1) is 0 Å². The van der Waals surface area contributed by atoms with Crippen molar-refractivity contribution in [3.8, 4) is 0 Å². The maximum atomic E-state index is 13.2. The second-order valence-electron chi connectivity index (χ2n) is 11.3. The summed E-state index contributed by atoms with van der Waals surface area (Å²) < 4.78 is 14.3. The van der Waals surface area contributed by atoms with E-state index in [1.165, 1.54) is 147 Å². The first-order chi connectivity index (χ1) is 16.6. The Balaban J connectivity index is 1.40. The first kappa shape index (κ1) is 29.3. The van der Waals surface area contributed by atoms with Crippen molar-refractivity contribution in [2.24, 2.45) is 0 Å². The normalized spacial score (nSPS) is 19.4. The summed E-state index contributed by atoms with van der Waals surface area (Å²) in [5.41, 5.74) is 1.26. The highest BCUT2D eigenvalue weighted by molar-refractivity contribution is 5.15. The second kappa shape index (κ2) is 18.4. The Bertz CT molecular complexity index is 602. The minimum absolute atomic E-state index is 0.132. The monoisotopic (exact) mass is 475 g/mol. The molecule has 2 nitrogen and oxygen atoms in total. The molecule has 1 aromatic rings. The van der Waals surface area contributed by atoms with E-state index in [2.05, 4.69) is 18.9 Å². The fraction of sp³-hybridized carbons (Fsp3) is 0.806. The summed E-state index contributed by atoms with van der Waals surface area (Å²) in [6, 6.07) is 7.11. The maximum absolute atomic E-state index is 13.2. The van der Waals surface area contributed by atoms with Gasteiger partial charge in [0.1, 0.15) is 12.4 Å². The summed E-state index contributed by atoms with van der Waals surface area (Å²) in [5, 5.41) is 0. The minimum Gasteiger partial charge on any atom is -0.321 e. The standard InChI is InChI=1S/C31H56FN2/c1-3-4-5-6-7-8-9-10-11-12-13-14-15-16-17-18-24-33-25-19-27-34(2,28-26-33)29-30-20-22-31(32)23-21-30/h20-23H,3-19,24-29H2,1-2H3/q+1. The molecular weight excluding hydrogens is 419 g/mol. The lowest BCUT2D eigenvalue weighted by Crippen LogP contribution is -2.45. The number of hydrogen-bond acceptors (Lipinski definition) is 1. The molecule has 2 rings (SSSR count). The number of rotatable bonds is 19. The third-order valence-corrected chi connectivity index (χ3v) is 7.93. The molecule has 1 aliphatic rings. The van der Waals surface area contributed by atoms with Gasteiger partial charge in [0.2, 0.25) is 0 Å². The summed E-state index contributed by atoms with van der Waals surface area (Å²) in [7, 11) is 2.38. The van der Waals surface area contributed by atoms with Crippen LogP contribution >= 0.6 is 0 Å². The summed E-state index contributed by atoms with van der Waals surface area (Å²) in [5.74, 6) is -0.132. The van der Waals surface area contributed by atoms with Gasteiger partial charge < -0.3 is 4.48 Å². The van der Waals surface area contributed by atoms with Crippen LogP contribution < -0.4 is 0 Å². The van der Waals surface area contributed by atoms with Crippen LogP contribution in [-0.2, 0) is 6.54 Å². The summed E-state index contributed by atoms with van der Waals surface area (Å²) >= 11 is 0. The molecule has 0 radical (unpaired) electrons. The highest BCUT2D eigenvalue weighted by Gasteiger charge is 2.26. The average Bonchev–Trinajstić information content (AvgIpc) is 3.01. The first-order valence-electron chi connectivity index (χ1n) is 14.9. The van der Waals surface area contributed by atoms with Gasteiger partial charge in [0.05, 0.1) is 20.1 Å². The molecule has 0 N–H and O–H groups in total. The molecule has 0 aliphatic carbocycles. The zero-order valence-electron chi connectivity index (χ0n) is 22.8. The number of benzene rings is 1. The fourth-order valence-electron chi connectivity index (χ4n) is 5.58. The van der Waals surface area contributed by atoms with Crippen LogP contribution in [0.25, 0.3) is 0 Å². The molecule has 196 valence electrons. The van der Waals surface area contributed by atoms with E-state index in [1.807, 2.05) is 12.1 Å². The lowest BCUT2D eigenvalue weighted by molar-refractivity contribution is -0.920. The molecule has 1 fully saturated rings. The van der Waals surface area contributed by atoms with Crippen LogP contribution in [0.3, 0.4) is 0 Å². The lowest BCUT2D eigenvalue weighted by atomic mass is 10.0. The second-order valence-corrected chi connectivity index (χ2v) is 11.3. The Morgan fingerprint density at radius 3 is 1.71 bits per heavy atom. The lowest BCUT2D eigenvalue weighted by Gasteiger charge is -2.33. The molecule has 0 saturated carbocycles. The Labute approximate surface area is 211 Å². The minimum atomic E-state index is -0.132. The van der Waals surface area contributed by atoms with Crippen molar-refractivity contribution in [1.29, 1.82) is 0 Å². The van der Waals surface area contributed by atoms with E-state index in [0.29, 0.717) is 0 Å². The Kier molecular flexibility index (Phi) is 15.8. The van der Waals surface area contributed by atoms with Crippen molar-refractivity contribution >= 4 is 0 Å². The van der Waals surface area contributed by atoms with Crippen molar-refractivity contribution < 1.29 is 8.87 Å². The predicted molar refractivity (Wildman–Crippen MR) is 147 cm³/mol. The van der Waals surface area contributed by atoms with Crippen molar-refractivity contribution in [3.05, 3.63) is 35.6 Å². The molecule has 0 amide bonds. The van der Waals surface area contributed by atoms with Crippen LogP contribution in [0.2, 0.25) is 0 Å². The largest absolute Gasteiger partial charge is 0.321 e. The smallest absolute Gasteiger partial charge is 0.123 e. The van der Waals surface area contributed by atoms with Crippen LogP contribution in [0, 0.1) is 5.82 Å². The van der Waals surface area contributed by atoms with Gasteiger partial charge >= 0.3 is 0 Å². The Morgan fingerprint density at radius 2 is 1.18 bits per heavy atom. The van der Waals surface area contributed by atoms with E-state index < -0.39 is 0 Å². The highest BCUT2D eigenvalue weighted by Crippen LogP contribution is 2.18. The summed E-state index contributed by atoms with van der Waals surface area (Å²) in [4.78, 5) is 2.69. The average molecular weight is 476 g/mol. The summed E-state index contributed by atoms with van der Waals surface area (Å²) in [6.45, 7) is 9.47. The van der Waals surface area contributed by atoms with E-state index in [0.717, 1.165) is 11.0 Å². The zero-order chi connectivity index (χ0) is 24.3. The van der Waals surface area contributed by atoms with Crippen LogP contribution in [-0.4, -0.2) is 49.2 Å². The van der Waals surface area contributed by atoms with Gasteiger partial charge in [-0.2, -0.15) is 0 Å². The van der Waals surface area contributed by atoms with Gasteiger partial charge in [0.25, 0.3) is 0 Å². The molecule has 3 heteroatoms. The first-order valence-corrected chi connectivity index (χ1v) is 14.9. The quantitative estimate of drug-likeness (QED) is 0.143. The summed E-state index contributed by atoms with van der Waals surface area (Å²) in [6.07, 6.45) is 24.3. The molecule has 1 heterocycles. The van der Waals surface area contributed by atoms with Gasteiger partial charge in [-0.05, 0) is 25.1 Å². The van der Waals surface area contributed by atoms with Crippen molar-refractivity contribution in [3.63, 3.8) is 0 Å². The van der Waals surface area contributed by atoms with Gasteiger partial charge in [-0.3, -0.25) is 4.90 Å². The van der Waals surface area contributed by atoms with E-state index in [-0.39, 0.29) is 5.82 Å². The number of quaternary nitrogens is 1. The molecule has 34 heavy (non-hydrogen) atoms. The molecule has 1 unspecified atom stereocenters. The number of likely N-dealkylation sites (N-methyl/N-ethyl adjacent to an activating group) is 1. The number of halogens is 1. The van der Waals surface area contributed by atoms with E-state index in [1.54, 1.807) is 12.1 Å². The van der Waals surface area contributed by atoms with Crippen LogP contribution in [0.15, 0.2) is 24.3 Å². The number of nitrogens with zero attached hydrogens (tertiary/aromatic N) is 2. The van der Waals surface area contributed by atoms with Crippen LogP contribution in [0.4, 0.5) is 4.39 Å². The van der Waals surface area contributed by atoms with Crippen LogP contribution in [0.5, 0.6) is 0 Å². The Hall–Kier alpha value is -0.930. The third kappa shape index (κ3) is 13.8. The fourth-order valence-corrected chi connectivity index (χ4v) is 5.58. The van der Waals surface area contributed by atoms with Gasteiger partial charge in [-0.1, -0.05) is 115 Å². The molecule has 0 aromatic heterocycles. The molecule has 1 saturated heterocycles. The molecule has 0 spiro atoms. The SMILES string of the molecule is CCCCCCCCCCCCCCCCCCN1CCC[N+](C)(Cc2ccc(F)cc2)CC1. The van der Waals surface area contributed by atoms with Crippen molar-refractivity contribution in [2.45, 2.75) is 123 Å². The maximum Gasteiger partial charge on any atom is 0.123 e. The van der Waals surface area contributed by atoms with Crippen molar-refractivity contribution in [1.82, 2.24) is 4.90 Å². The van der Waals surface area contributed by atoms with E-state index in [9.17, 15) is 4.39 Å². The van der Waals surface area contributed by atoms with Gasteiger partial charge in [-0.25, -0.2) is 4.39 Å². The Morgan fingerprint density at radius 1 is 0.676 bits per heavy atom. The topological polar surface area (TPSA) is 3.24 Å². The third-order valence-electron chi connectivity index (χ3n) is 7.93. The van der Waals surface area contributed by atoms with Crippen molar-refractivity contribution in [2.75, 3.05) is 39.8 Å². The van der Waals surface area contributed by atoms with Gasteiger partial charge in [0.15, 0.2) is 0 Å². The molecule has 1 atom stereocenters. The molecular formula is C31H56FN2+. The van der Waals surface area contributed by atoms with Gasteiger partial charge in [0, 0.05) is 25.1 Å². The molecule has 1 aliphatic heterocycles. The molecule has 0 bridgehead atoms. The van der Waals surface area contributed by atoms with Crippen LogP contribution in [0.1, 0.15) is 122 Å². The molecule has 1 aromatic carbocycles. The predicted octanol–water partition coefficient (Wildman–Crippen LogP) is 8.74. The number of hydrogen-bond donors (Lipinski definition) is 0. The van der Waals surface area contributed by atoms with E-state index >= 15 is 0 Å². The highest BCUT2D eigenvalue weighted by atomic mass is 19.1. The van der Waals surface area contributed by atoms with E-state index in [4.69, 9.17) is 0 Å². The number of unbranched alkanes of at least 4 members (excludes halogenated alkanes) is 15. The zero-order valence-corrected chi connectivity index (χ0v) is 22.8.